The maximum Gasteiger partial charge on any atom is 0.334 e. The number of rotatable bonds is 0. The standard InChI is InChI=1S/C15H22O6/c1-5-9-12(21-14(5)20)11(18)6(2)10-7(16)4-8(17)15(10,3)13(9)19/h6-13,16-19H,1,4H2,2-3H3. The molecular formula is C15H22O6. The van der Waals surface area contributed by atoms with Crippen molar-refractivity contribution in [1.82, 2.24) is 0 Å². The summed E-state index contributed by atoms with van der Waals surface area (Å²) >= 11 is 0. The van der Waals surface area contributed by atoms with Gasteiger partial charge in [-0.05, 0) is 5.92 Å². The topological polar surface area (TPSA) is 107 Å². The van der Waals surface area contributed by atoms with E-state index in [4.69, 9.17) is 4.74 Å². The Morgan fingerprint density at radius 2 is 1.90 bits per heavy atom. The summed E-state index contributed by atoms with van der Waals surface area (Å²) in [6, 6.07) is 0. The maximum absolute atomic E-state index is 11.7. The molecular weight excluding hydrogens is 276 g/mol. The Labute approximate surface area is 123 Å². The van der Waals surface area contributed by atoms with Crippen LogP contribution in [0.1, 0.15) is 20.3 Å². The van der Waals surface area contributed by atoms with Gasteiger partial charge in [0.1, 0.15) is 6.10 Å². The van der Waals surface area contributed by atoms with Crippen molar-refractivity contribution in [3.05, 3.63) is 12.2 Å². The summed E-state index contributed by atoms with van der Waals surface area (Å²) in [5, 5.41) is 42.0. The quantitative estimate of drug-likeness (QED) is 0.345. The van der Waals surface area contributed by atoms with Crippen LogP contribution in [-0.2, 0) is 9.53 Å². The minimum Gasteiger partial charge on any atom is -0.455 e. The van der Waals surface area contributed by atoms with Crippen LogP contribution in [0.25, 0.3) is 0 Å². The van der Waals surface area contributed by atoms with Crippen LogP contribution in [0.3, 0.4) is 0 Å². The number of carbonyl (C=O) groups is 1. The first kappa shape index (κ1) is 15.0. The summed E-state index contributed by atoms with van der Waals surface area (Å²) in [7, 11) is 0. The molecule has 0 aromatic carbocycles. The lowest BCUT2D eigenvalue weighted by molar-refractivity contribution is -0.146. The molecule has 0 radical (unpaired) electrons. The second-order valence-electron chi connectivity index (χ2n) is 6.93. The Morgan fingerprint density at radius 3 is 2.52 bits per heavy atom. The lowest BCUT2D eigenvalue weighted by Crippen LogP contribution is -2.49. The van der Waals surface area contributed by atoms with Crippen LogP contribution < -0.4 is 0 Å². The van der Waals surface area contributed by atoms with Crippen LogP contribution in [0.5, 0.6) is 0 Å². The summed E-state index contributed by atoms with van der Waals surface area (Å²) in [4.78, 5) is 11.7. The minimum absolute atomic E-state index is 0.120. The monoisotopic (exact) mass is 298 g/mol. The van der Waals surface area contributed by atoms with Gasteiger partial charge < -0.3 is 25.2 Å². The minimum atomic E-state index is -1.11. The number of ether oxygens (including phenoxy) is 1. The van der Waals surface area contributed by atoms with Gasteiger partial charge in [-0.25, -0.2) is 4.79 Å². The molecule has 0 spiro atoms. The van der Waals surface area contributed by atoms with Crippen LogP contribution in [0.2, 0.25) is 0 Å². The van der Waals surface area contributed by atoms with Crippen molar-refractivity contribution in [1.29, 1.82) is 0 Å². The van der Waals surface area contributed by atoms with Crippen LogP contribution in [-0.4, -0.2) is 56.9 Å². The van der Waals surface area contributed by atoms with Crippen LogP contribution in [0.4, 0.5) is 0 Å². The smallest absolute Gasteiger partial charge is 0.334 e. The highest BCUT2D eigenvalue weighted by Crippen LogP contribution is 2.56. The maximum atomic E-state index is 11.7. The Morgan fingerprint density at radius 1 is 1.29 bits per heavy atom. The number of aliphatic hydroxyl groups is 4. The van der Waals surface area contributed by atoms with Gasteiger partial charge in [-0.3, -0.25) is 0 Å². The zero-order valence-corrected chi connectivity index (χ0v) is 12.1. The molecule has 1 heterocycles. The van der Waals surface area contributed by atoms with E-state index in [9.17, 15) is 25.2 Å². The number of aliphatic hydroxyl groups excluding tert-OH is 4. The van der Waals surface area contributed by atoms with Crippen LogP contribution >= 0.6 is 0 Å². The molecule has 3 aliphatic rings. The van der Waals surface area contributed by atoms with Gasteiger partial charge in [-0.2, -0.15) is 0 Å². The molecule has 3 rings (SSSR count). The SMILES string of the molecule is C=C1C(=O)OC2C(O)C(C)C3C(O)CC(O)C3(C)C(O)C12. The van der Waals surface area contributed by atoms with E-state index in [-0.39, 0.29) is 12.0 Å². The van der Waals surface area contributed by atoms with Crippen molar-refractivity contribution >= 4 is 5.97 Å². The molecule has 2 saturated carbocycles. The average molecular weight is 298 g/mol. The third-order valence-corrected chi connectivity index (χ3v) is 6.00. The third kappa shape index (κ3) is 1.70. The fraction of sp³-hybridized carbons (Fsp3) is 0.800. The predicted molar refractivity (Wildman–Crippen MR) is 71.9 cm³/mol. The second kappa shape index (κ2) is 4.52. The molecule has 9 atom stereocenters. The summed E-state index contributed by atoms with van der Waals surface area (Å²) in [5.41, 5.74) is -0.898. The molecule has 0 aromatic rings. The molecule has 118 valence electrons. The Balaban J connectivity index is 2.12. The molecule has 2 aliphatic carbocycles. The first-order chi connectivity index (χ1) is 9.71. The lowest BCUT2D eigenvalue weighted by atomic mass is 9.67. The van der Waals surface area contributed by atoms with Gasteiger partial charge in [0, 0.05) is 23.3 Å². The van der Waals surface area contributed by atoms with Gasteiger partial charge in [0.25, 0.3) is 0 Å². The van der Waals surface area contributed by atoms with E-state index in [1.165, 1.54) is 0 Å². The summed E-state index contributed by atoms with van der Waals surface area (Å²) in [6.45, 7) is 7.12. The van der Waals surface area contributed by atoms with E-state index >= 15 is 0 Å². The molecule has 6 nitrogen and oxygen atoms in total. The molecule has 3 fully saturated rings. The molecule has 6 heteroatoms. The van der Waals surface area contributed by atoms with Crippen molar-refractivity contribution in [2.24, 2.45) is 23.2 Å². The summed E-state index contributed by atoms with van der Waals surface area (Å²) in [5.74, 6) is -2.28. The van der Waals surface area contributed by atoms with Crippen molar-refractivity contribution < 1.29 is 30.0 Å². The number of carbonyl (C=O) groups excluding carboxylic acids is 1. The number of hydrogen-bond donors (Lipinski definition) is 4. The molecule has 0 aromatic heterocycles. The second-order valence-corrected chi connectivity index (χ2v) is 6.93. The van der Waals surface area contributed by atoms with E-state index in [0.29, 0.717) is 0 Å². The highest BCUT2D eigenvalue weighted by Gasteiger charge is 2.65. The largest absolute Gasteiger partial charge is 0.455 e. The molecule has 1 saturated heterocycles. The van der Waals surface area contributed by atoms with E-state index in [2.05, 4.69) is 6.58 Å². The van der Waals surface area contributed by atoms with Gasteiger partial charge in [-0.1, -0.05) is 20.4 Å². The normalized spacial score (nSPS) is 56.7. The van der Waals surface area contributed by atoms with Crippen molar-refractivity contribution in [2.75, 3.05) is 0 Å². The number of fused-ring (bicyclic) bond motifs is 2. The van der Waals surface area contributed by atoms with Crippen LogP contribution in [0, 0.1) is 23.2 Å². The predicted octanol–water partition coefficient (Wildman–Crippen LogP) is -0.796. The zero-order chi connectivity index (χ0) is 15.7. The lowest BCUT2D eigenvalue weighted by Gasteiger charge is -2.41. The van der Waals surface area contributed by atoms with Crippen molar-refractivity contribution in [3.8, 4) is 0 Å². The Kier molecular flexibility index (Phi) is 3.22. The molecule has 9 unspecified atom stereocenters. The summed E-state index contributed by atoms with van der Waals surface area (Å²) < 4.78 is 5.18. The van der Waals surface area contributed by atoms with Gasteiger partial charge in [0.2, 0.25) is 0 Å². The zero-order valence-electron chi connectivity index (χ0n) is 12.1. The fourth-order valence-electron chi connectivity index (χ4n) is 4.73. The fourth-order valence-corrected chi connectivity index (χ4v) is 4.73. The molecule has 1 aliphatic heterocycles. The van der Waals surface area contributed by atoms with E-state index in [0.717, 1.165) is 0 Å². The van der Waals surface area contributed by atoms with E-state index < -0.39 is 59.7 Å². The Hall–Kier alpha value is -0.950. The average Bonchev–Trinajstić information content (AvgIpc) is 2.81. The summed E-state index contributed by atoms with van der Waals surface area (Å²) in [6.07, 6.45) is -4.58. The van der Waals surface area contributed by atoms with Gasteiger partial charge in [0.05, 0.1) is 30.3 Å². The third-order valence-electron chi connectivity index (χ3n) is 6.00. The molecule has 4 N–H and O–H groups in total. The number of hydrogen-bond acceptors (Lipinski definition) is 6. The van der Waals surface area contributed by atoms with Crippen molar-refractivity contribution in [3.63, 3.8) is 0 Å². The van der Waals surface area contributed by atoms with E-state index in [1.54, 1.807) is 13.8 Å². The molecule has 0 amide bonds. The first-order valence-electron chi connectivity index (χ1n) is 7.33. The van der Waals surface area contributed by atoms with Crippen molar-refractivity contribution in [2.45, 2.75) is 50.8 Å². The number of esters is 1. The highest BCUT2D eigenvalue weighted by molar-refractivity contribution is 5.91. The molecule has 0 bridgehead atoms. The highest BCUT2D eigenvalue weighted by atomic mass is 16.6. The van der Waals surface area contributed by atoms with Gasteiger partial charge in [-0.15, -0.1) is 0 Å². The van der Waals surface area contributed by atoms with E-state index in [1.807, 2.05) is 0 Å². The Bertz CT molecular complexity index is 491. The van der Waals surface area contributed by atoms with Gasteiger partial charge >= 0.3 is 5.97 Å². The van der Waals surface area contributed by atoms with Gasteiger partial charge in [0.15, 0.2) is 0 Å². The molecule has 21 heavy (non-hydrogen) atoms. The van der Waals surface area contributed by atoms with Crippen LogP contribution in [0.15, 0.2) is 12.2 Å². The first-order valence-corrected chi connectivity index (χ1v) is 7.33.